The predicted molar refractivity (Wildman–Crippen MR) is 164 cm³/mol. The third-order valence-corrected chi connectivity index (χ3v) is 11.1. The van der Waals surface area contributed by atoms with Crippen LogP contribution in [0.15, 0.2) is 85.0 Å². The number of thioether (sulfide) groups is 1. The molecule has 4 aliphatic heterocycles. The Hall–Kier alpha value is -3.36. The molecule has 2 fully saturated rings. The van der Waals surface area contributed by atoms with Crippen LogP contribution in [0.5, 0.6) is 0 Å². The number of likely N-dealkylation sites (tertiary alicyclic amines) is 1. The van der Waals surface area contributed by atoms with Crippen LogP contribution in [0, 0.1) is 11.8 Å². The molecule has 2 aromatic rings. The Balaban J connectivity index is 1.49. The molecular formula is C34H39N3O4S. The molecule has 0 saturated carbocycles. The summed E-state index contributed by atoms with van der Waals surface area (Å²) in [6.07, 6.45) is 8.16. The average Bonchev–Trinajstić information content (AvgIpc) is 3.22. The number of rotatable bonds is 5. The number of aliphatic hydroxyl groups excluding tert-OH is 1. The van der Waals surface area contributed by atoms with Crippen LogP contribution in [0.25, 0.3) is 0 Å². The molecule has 2 aromatic carbocycles. The van der Waals surface area contributed by atoms with Crippen molar-refractivity contribution in [2.45, 2.75) is 61.4 Å². The van der Waals surface area contributed by atoms with Crippen LogP contribution < -0.4 is 0 Å². The van der Waals surface area contributed by atoms with E-state index in [2.05, 4.69) is 6.08 Å². The van der Waals surface area contributed by atoms with E-state index in [0.29, 0.717) is 19.6 Å². The van der Waals surface area contributed by atoms with Crippen LogP contribution in [-0.4, -0.2) is 78.3 Å². The highest BCUT2D eigenvalue weighted by molar-refractivity contribution is 8.02. The molecule has 1 spiro atoms. The van der Waals surface area contributed by atoms with Crippen LogP contribution in [0.2, 0.25) is 0 Å². The Morgan fingerprint density at radius 3 is 2.17 bits per heavy atom. The highest BCUT2D eigenvalue weighted by Gasteiger charge is 2.74. The van der Waals surface area contributed by atoms with E-state index in [-0.39, 0.29) is 24.3 Å². The van der Waals surface area contributed by atoms with Crippen molar-refractivity contribution >= 4 is 29.5 Å². The van der Waals surface area contributed by atoms with Crippen molar-refractivity contribution in [3.05, 3.63) is 96.1 Å². The minimum absolute atomic E-state index is 0.0762. The summed E-state index contributed by atoms with van der Waals surface area (Å²) in [6.45, 7) is 9.01. The molecule has 220 valence electrons. The maximum absolute atomic E-state index is 14.9. The summed E-state index contributed by atoms with van der Waals surface area (Å²) in [5.41, 5.74) is 1.30. The average molecular weight is 586 g/mol. The number of carbonyl (C=O) groups is 3. The highest BCUT2D eigenvalue weighted by atomic mass is 32.2. The minimum Gasteiger partial charge on any atom is -0.394 e. The van der Waals surface area contributed by atoms with Crippen LogP contribution in [-0.2, 0) is 20.9 Å². The second-order valence-electron chi connectivity index (χ2n) is 13.0. The van der Waals surface area contributed by atoms with Crippen molar-refractivity contribution in [2.24, 2.45) is 11.8 Å². The largest absolute Gasteiger partial charge is 0.394 e. The van der Waals surface area contributed by atoms with E-state index in [1.165, 1.54) is 0 Å². The van der Waals surface area contributed by atoms with Gasteiger partial charge >= 0.3 is 0 Å². The first-order chi connectivity index (χ1) is 20.0. The second kappa shape index (κ2) is 10.4. The molecule has 7 nitrogen and oxygen atoms in total. The number of hydrogen-bond acceptors (Lipinski definition) is 5. The summed E-state index contributed by atoms with van der Waals surface area (Å²) in [5.74, 6) is -1.90. The molecular weight excluding hydrogens is 546 g/mol. The van der Waals surface area contributed by atoms with Gasteiger partial charge in [-0.05, 0) is 38.8 Å². The Labute approximate surface area is 252 Å². The van der Waals surface area contributed by atoms with E-state index in [4.69, 9.17) is 0 Å². The van der Waals surface area contributed by atoms with Crippen molar-refractivity contribution in [1.82, 2.24) is 14.7 Å². The number of amides is 3. The molecule has 4 heterocycles. The maximum atomic E-state index is 14.9. The smallest absolute Gasteiger partial charge is 0.247 e. The van der Waals surface area contributed by atoms with Crippen molar-refractivity contribution in [3.8, 4) is 0 Å². The lowest BCUT2D eigenvalue weighted by Crippen LogP contribution is -2.58. The van der Waals surface area contributed by atoms with Crippen LogP contribution in [0.3, 0.4) is 0 Å². The molecule has 0 aromatic heterocycles. The number of hydrogen-bond donors (Lipinski definition) is 1. The fourth-order valence-corrected chi connectivity index (χ4v) is 9.57. The number of nitrogens with zero attached hydrogens (tertiary/aromatic N) is 3. The zero-order chi connectivity index (χ0) is 29.9. The lowest BCUT2D eigenvalue weighted by molar-refractivity contribution is -0.149. The Kier molecular flexibility index (Phi) is 7.13. The molecule has 4 aliphatic rings. The van der Waals surface area contributed by atoms with E-state index in [0.717, 1.165) is 11.1 Å². The molecule has 0 bridgehead atoms. The van der Waals surface area contributed by atoms with Crippen molar-refractivity contribution < 1.29 is 19.5 Å². The lowest BCUT2D eigenvalue weighted by Gasteiger charge is -2.42. The van der Waals surface area contributed by atoms with E-state index < -0.39 is 39.0 Å². The molecule has 42 heavy (non-hydrogen) atoms. The highest BCUT2D eigenvalue weighted by Crippen LogP contribution is 2.66. The third-order valence-electron chi connectivity index (χ3n) is 9.30. The van der Waals surface area contributed by atoms with Gasteiger partial charge in [-0.25, -0.2) is 0 Å². The van der Waals surface area contributed by atoms with Crippen LogP contribution in [0.1, 0.15) is 44.9 Å². The lowest BCUT2D eigenvalue weighted by atomic mass is 9.74. The van der Waals surface area contributed by atoms with Gasteiger partial charge in [-0.3, -0.25) is 14.4 Å². The fraction of sp³-hybridized carbons (Fsp3) is 0.441. The molecule has 6 atom stereocenters. The summed E-state index contributed by atoms with van der Waals surface area (Å²) in [5, 5.41) is 10.7. The number of benzene rings is 2. The Morgan fingerprint density at radius 2 is 1.52 bits per heavy atom. The van der Waals surface area contributed by atoms with Gasteiger partial charge in [0.25, 0.3) is 0 Å². The first-order valence-corrected chi connectivity index (χ1v) is 15.5. The van der Waals surface area contributed by atoms with Crippen LogP contribution >= 0.6 is 11.8 Å². The first-order valence-electron chi connectivity index (χ1n) is 14.7. The van der Waals surface area contributed by atoms with Gasteiger partial charge in [-0.15, -0.1) is 11.8 Å². The molecule has 0 aliphatic carbocycles. The fourth-order valence-electron chi connectivity index (χ4n) is 7.43. The minimum atomic E-state index is -0.967. The van der Waals surface area contributed by atoms with Gasteiger partial charge in [0.1, 0.15) is 6.04 Å². The van der Waals surface area contributed by atoms with Gasteiger partial charge < -0.3 is 19.8 Å². The van der Waals surface area contributed by atoms with E-state index in [1.54, 1.807) is 16.7 Å². The zero-order valence-electron chi connectivity index (χ0n) is 24.6. The van der Waals surface area contributed by atoms with Crippen LogP contribution in [0.4, 0.5) is 0 Å². The Morgan fingerprint density at radius 1 is 0.881 bits per heavy atom. The topological polar surface area (TPSA) is 81.2 Å². The summed E-state index contributed by atoms with van der Waals surface area (Å²) < 4.78 is -1.65. The number of fused-ring (bicyclic) bond motifs is 2. The molecule has 1 unspecified atom stereocenters. The molecule has 1 N–H and O–H groups in total. The maximum Gasteiger partial charge on any atom is 0.247 e. The van der Waals surface area contributed by atoms with Gasteiger partial charge in [0.15, 0.2) is 0 Å². The predicted octanol–water partition coefficient (Wildman–Crippen LogP) is 4.20. The first kappa shape index (κ1) is 28.7. The van der Waals surface area contributed by atoms with Gasteiger partial charge in [-0.1, -0.05) is 85.0 Å². The van der Waals surface area contributed by atoms with Crippen molar-refractivity contribution in [3.63, 3.8) is 0 Å². The molecule has 0 radical (unpaired) electrons. The normalized spacial score (nSPS) is 31.5. The van der Waals surface area contributed by atoms with Gasteiger partial charge in [0, 0.05) is 29.9 Å². The van der Waals surface area contributed by atoms with Crippen molar-refractivity contribution in [2.75, 3.05) is 19.7 Å². The molecule has 3 amide bonds. The monoisotopic (exact) mass is 585 g/mol. The van der Waals surface area contributed by atoms with Gasteiger partial charge in [-0.2, -0.15) is 0 Å². The van der Waals surface area contributed by atoms with Gasteiger partial charge in [0.2, 0.25) is 17.7 Å². The second-order valence-corrected chi connectivity index (χ2v) is 14.8. The quantitative estimate of drug-likeness (QED) is 0.532. The molecule has 2 saturated heterocycles. The third kappa shape index (κ3) is 4.42. The van der Waals surface area contributed by atoms with E-state index in [9.17, 15) is 19.5 Å². The summed E-state index contributed by atoms with van der Waals surface area (Å²) in [6, 6.07) is 17.7. The summed E-state index contributed by atoms with van der Waals surface area (Å²) in [7, 11) is 0. The Bertz CT molecular complexity index is 1440. The van der Waals surface area contributed by atoms with Crippen molar-refractivity contribution in [1.29, 1.82) is 0 Å². The van der Waals surface area contributed by atoms with E-state index in [1.807, 2.05) is 116 Å². The summed E-state index contributed by atoms with van der Waals surface area (Å²) >= 11 is 1.57. The number of carbonyl (C=O) groups excluding carboxylic acids is 3. The standard InChI is InChI=1S/C34H39N3O4S/c1-32(2,3)36-20-12-18-34-27(30(40)37(28(34)31(36)41)25(22-38)24-15-9-6-10-16-24)26-29(39)35(19-11-17-33(26,4)42-34)21-23-13-7-5-8-14-23/h5-18,25-28,38H,19-22H2,1-4H3/t25-,26-,27+,28?,33+,34+/m1/s1. The number of aliphatic hydroxyl groups is 1. The summed E-state index contributed by atoms with van der Waals surface area (Å²) in [4.78, 5) is 49.3. The zero-order valence-corrected chi connectivity index (χ0v) is 25.5. The SMILES string of the molecule is CC(C)(C)N1CC=C[C@]23S[C@@]4(C)C=CCN(Cc5ccccc5)C(=O)[C@H]4[C@H]2C(=O)N([C@H](CO)c2ccccc2)C3C1=O. The van der Waals surface area contributed by atoms with E-state index >= 15 is 0 Å². The van der Waals surface area contributed by atoms with Gasteiger partial charge in [0.05, 0.1) is 29.2 Å². The molecule has 8 heteroatoms. The molecule has 6 rings (SSSR count).